The molecule has 0 bridgehead atoms. The Kier molecular flexibility index (Phi) is 5.34. The van der Waals surface area contributed by atoms with Crippen LogP contribution in [0.1, 0.15) is 5.82 Å². The molecule has 0 aliphatic rings. The van der Waals surface area contributed by atoms with E-state index >= 15 is 0 Å². The van der Waals surface area contributed by atoms with Gasteiger partial charge in [-0.3, -0.25) is 4.79 Å². The lowest BCUT2D eigenvalue weighted by Crippen LogP contribution is -2.29. The maximum atomic E-state index is 11.8. The number of aryl methyl sites for hydroxylation is 1. The van der Waals surface area contributed by atoms with Crippen LogP contribution in [0, 0.1) is 0 Å². The van der Waals surface area contributed by atoms with Crippen LogP contribution in [0.5, 0.6) is 5.75 Å². The van der Waals surface area contributed by atoms with E-state index in [1.54, 1.807) is 13.3 Å². The molecule has 0 atom stereocenters. The number of nitrogens with zero attached hydrogens (tertiary/aromatic N) is 2. The predicted molar refractivity (Wildman–Crippen MR) is 81.4 cm³/mol. The summed E-state index contributed by atoms with van der Waals surface area (Å²) < 4.78 is 7.04. The highest BCUT2D eigenvalue weighted by molar-refractivity contribution is 5.92. The molecule has 1 amide bonds. The van der Waals surface area contributed by atoms with Gasteiger partial charge in [0.05, 0.1) is 13.7 Å². The minimum atomic E-state index is -0.0694. The van der Waals surface area contributed by atoms with Gasteiger partial charge in [-0.05, 0) is 24.3 Å². The molecule has 2 rings (SSSR count). The lowest BCUT2D eigenvalue weighted by atomic mass is 10.3. The fourth-order valence-corrected chi connectivity index (χ4v) is 1.92. The molecule has 0 saturated carbocycles. The number of rotatable bonds is 7. The Morgan fingerprint density at radius 1 is 1.33 bits per heavy atom. The number of nitrogens with one attached hydrogen (secondary N) is 2. The SMILES string of the molecule is COc1ccc(NC(=O)CNCCc2nccn2C)cc1. The molecule has 112 valence electrons. The molecule has 1 aromatic heterocycles. The minimum absolute atomic E-state index is 0.0694. The van der Waals surface area contributed by atoms with E-state index in [9.17, 15) is 4.79 Å². The van der Waals surface area contributed by atoms with Gasteiger partial charge >= 0.3 is 0 Å². The average Bonchev–Trinajstić information content (AvgIpc) is 2.90. The molecule has 2 aromatic rings. The summed E-state index contributed by atoms with van der Waals surface area (Å²) in [5, 5.41) is 5.92. The summed E-state index contributed by atoms with van der Waals surface area (Å²) in [5.74, 6) is 1.69. The number of hydrogen-bond acceptors (Lipinski definition) is 4. The summed E-state index contributed by atoms with van der Waals surface area (Å²) in [5.41, 5.74) is 0.756. The van der Waals surface area contributed by atoms with Crippen LogP contribution >= 0.6 is 0 Å². The first-order chi connectivity index (χ1) is 10.2. The highest BCUT2D eigenvalue weighted by atomic mass is 16.5. The van der Waals surface area contributed by atoms with Crippen LogP contribution in [0.2, 0.25) is 0 Å². The van der Waals surface area contributed by atoms with Gasteiger partial charge in [0.15, 0.2) is 0 Å². The van der Waals surface area contributed by atoms with Gasteiger partial charge < -0.3 is 19.9 Å². The van der Waals surface area contributed by atoms with E-state index in [2.05, 4.69) is 15.6 Å². The number of methoxy groups -OCH3 is 1. The Balaban J connectivity index is 1.68. The van der Waals surface area contributed by atoms with E-state index in [0.717, 1.165) is 23.7 Å². The number of carbonyl (C=O) groups excluding carboxylic acids is 1. The van der Waals surface area contributed by atoms with Crippen molar-refractivity contribution in [2.75, 3.05) is 25.5 Å². The van der Waals surface area contributed by atoms with Crippen molar-refractivity contribution in [2.45, 2.75) is 6.42 Å². The third-order valence-electron chi connectivity index (χ3n) is 3.11. The van der Waals surface area contributed by atoms with Gasteiger partial charge in [-0.2, -0.15) is 0 Å². The molecule has 21 heavy (non-hydrogen) atoms. The van der Waals surface area contributed by atoms with Gasteiger partial charge in [0.2, 0.25) is 5.91 Å². The molecule has 6 heteroatoms. The van der Waals surface area contributed by atoms with Crippen LogP contribution in [0.3, 0.4) is 0 Å². The van der Waals surface area contributed by atoms with Gasteiger partial charge in [-0.15, -0.1) is 0 Å². The van der Waals surface area contributed by atoms with Gasteiger partial charge in [-0.25, -0.2) is 4.98 Å². The Bertz CT molecular complexity index is 578. The molecule has 1 aromatic carbocycles. The van der Waals surface area contributed by atoms with Crippen LogP contribution in [-0.4, -0.2) is 35.7 Å². The predicted octanol–water partition coefficient (Wildman–Crippen LogP) is 1.20. The van der Waals surface area contributed by atoms with E-state index in [1.165, 1.54) is 0 Å². The van der Waals surface area contributed by atoms with E-state index in [1.807, 2.05) is 42.1 Å². The zero-order valence-electron chi connectivity index (χ0n) is 12.3. The average molecular weight is 288 g/mol. The second-order valence-corrected chi connectivity index (χ2v) is 4.66. The Morgan fingerprint density at radius 2 is 2.10 bits per heavy atom. The molecular formula is C15H20N4O2. The van der Waals surface area contributed by atoms with Crippen molar-refractivity contribution in [1.29, 1.82) is 0 Å². The summed E-state index contributed by atoms with van der Waals surface area (Å²) in [6.45, 7) is 0.983. The normalized spacial score (nSPS) is 10.4. The lowest BCUT2D eigenvalue weighted by Gasteiger charge is -2.07. The summed E-state index contributed by atoms with van der Waals surface area (Å²) in [7, 11) is 3.57. The monoisotopic (exact) mass is 288 g/mol. The van der Waals surface area contributed by atoms with Crippen molar-refractivity contribution in [3.8, 4) is 5.75 Å². The van der Waals surface area contributed by atoms with Crippen LogP contribution in [-0.2, 0) is 18.3 Å². The number of amides is 1. The van der Waals surface area contributed by atoms with Gasteiger partial charge in [0.25, 0.3) is 0 Å². The van der Waals surface area contributed by atoms with Crippen LogP contribution in [0.25, 0.3) is 0 Å². The molecule has 6 nitrogen and oxygen atoms in total. The maximum absolute atomic E-state index is 11.8. The smallest absolute Gasteiger partial charge is 0.238 e. The molecule has 0 aliphatic heterocycles. The molecule has 0 radical (unpaired) electrons. The Labute approximate surface area is 124 Å². The number of carbonyl (C=O) groups is 1. The molecule has 0 saturated heterocycles. The third-order valence-corrected chi connectivity index (χ3v) is 3.11. The quantitative estimate of drug-likeness (QED) is 0.751. The molecule has 1 heterocycles. The molecule has 0 fully saturated rings. The highest BCUT2D eigenvalue weighted by Crippen LogP contribution is 2.14. The van der Waals surface area contributed by atoms with Gasteiger partial charge in [0, 0.05) is 38.1 Å². The lowest BCUT2D eigenvalue weighted by molar-refractivity contribution is -0.115. The van der Waals surface area contributed by atoms with Crippen LogP contribution < -0.4 is 15.4 Å². The minimum Gasteiger partial charge on any atom is -0.497 e. The first kappa shape index (κ1) is 15.1. The van der Waals surface area contributed by atoms with Crippen molar-refractivity contribution in [3.63, 3.8) is 0 Å². The number of benzene rings is 1. The van der Waals surface area contributed by atoms with Gasteiger partial charge in [-0.1, -0.05) is 0 Å². The van der Waals surface area contributed by atoms with Crippen molar-refractivity contribution in [2.24, 2.45) is 7.05 Å². The van der Waals surface area contributed by atoms with Crippen molar-refractivity contribution in [3.05, 3.63) is 42.5 Å². The summed E-state index contributed by atoms with van der Waals surface area (Å²) in [4.78, 5) is 16.0. The zero-order valence-corrected chi connectivity index (χ0v) is 12.3. The molecule has 0 aliphatic carbocycles. The highest BCUT2D eigenvalue weighted by Gasteiger charge is 2.03. The standard InChI is InChI=1S/C15H20N4O2/c1-19-10-9-17-14(19)7-8-16-11-15(20)18-12-3-5-13(21-2)6-4-12/h3-6,9-10,16H,7-8,11H2,1-2H3,(H,18,20). The van der Waals surface area contributed by atoms with Gasteiger partial charge in [0.1, 0.15) is 11.6 Å². The first-order valence-electron chi connectivity index (χ1n) is 6.80. The van der Waals surface area contributed by atoms with Crippen molar-refractivity contribution in [1.82, 2.24) is 14.9 Å². The Morgan fingerprint density at radius 3 is 2.71 bits per heavy atom. The number of imidazole rings is 1. The molecule has 2 N–H and O–H groups in total. The first-order valence-corrected chi connectivity index (χ1v) is 6.80. The van der Waals surface area contributed by atoms with E-state index in [-0.39, 0.29) is 12.5 Å². The second kappa shape index (κ2) is 7.44. The molecule has 0 spiro atoms. The number of hydrogen-bond donors (Lipinski definition) is 2. The van der Waals surface area contributed by atoms with Crippen molar-refractivity contribution >= 4 is 11.6 Å². The topological polar surface area (TPSA) is 68.2 Å². The fourth-order valence-electron chi connectivity index (χ4n) is 1.92. The fraction of sp³-hybridized carbons (Fsp3) is 0.333. The number of ether oxygens (including phenoxy) is 1. The number of aromatic nitrogens is 2. The number of anilines is 1. The van der Waals surface area contributed by atoms with E-state index in [0.29, 0.717) is 6.54 Å². The second-order valence-electron chi connectivity index (χ2n) is 4.66. The van der Waals surface area contributed by atoms with E-state index < -0.39 is 0 Å². The zero-order chi connectivity index (χ0) is 15.1. The summed E-state index contributed by atoms with van der Waals surface area (Å²) in [6.07, 6.45) is 4.47. The molecule has 0 unspecified atom stereocenters. The molecular weight excluding hydrogens is 268 g/mol. The Hall–Kier alpha value is -2.34. The largest absolute Gasteiger partial charge is 0.497 e. The summed E-state index contributed by atoms with van der Waals surface area (Å²) in [6, 6.07) is 7.24. The van der Waals surface area contributed by atoms with Crippen molar-refractivity contribution < 1.29 is 9.53 Å². The van der Waals surface area contributed by atoms with Crippen LogP contribution in [0.15, 0.2) is 36.7 Å². The van der Waals surface area contributed by atoms with E-state index in [4.69, 9.17) is 4.74 Å². The maximum Gasteiger partial charge on any atom is 0.238 e. The summed E-state index contributed by atoms with van der Waals surface area (Å²) >= 11 is 0. The van der Waals surface area contributed by atoms with Crippen LogP contribution in [0.4, 0.5) is 5.69 Å². The third kappa shape index (κ3) is 4.61.